The van der Waals surface area contributed by atoms with Crippen molar-refractivity contribution in [3.63, 3.8) is 0 Å². The summed E-state index contributed by atoms with van der Waals surface area (Å²) in [5, 5.41) is 0.701. The highest BCUT2D eigenvalue weighted by Gasteiger charge is 2.33. The summed E-state index contributed by atoms with van der Waals surface area (Å²) in [6, 6.07) is 1.42. The lowest BCUT2D eigenvalue weighted by molar-refractivity contribution is -0.138. The van der Waals surface area contributed by atoms with Gasteiger partial charge in [-0.25, -0.2) is 0 Å². The molecule has 1 rings (SSSR count). The number of nitrogens with zero attached hydrogens (tertiary/aromatic N) is 1. The molecule has 0 unspecified atom stereocenters. The molecule has 78 valence electrons. The fourth-order valence-corrected chi connectivity index (χ4v) is 1.43. The molecular weight excluding hydrogens is 259 g/mol. The number of hydrogen-bond acceptors (Lipinski definition) is 1. The first-order valence-electron chi connectivity index (χ1n) is 4.11. The van der Waals surface area contributed by atoms with Gasteiger partial charge in [-0.3, -0.25) is 4.98 Å². The highest BCUT2D eigenvalue weighted by molar-refractivity contribution is 9.09. The van der Waals surface area contributed by atoms with Crippen LogP contribution >= 0.6 is 15.9 Å². The molecule has 0 N–H and O–H groups in total. The number of rotatable bonds is 3. The number of pyridine rings is 1. The van der Waals surface area contributed by atoms with E-state index in [0.717, 1.165) is 6.20 Å². The van der Waals surface area contributed by atoms with Crippen LogP contribution in [0, 0.1) is 0 Å². The number of aromatic nitrogens is 1. The van der Waals surface area contributed by atoms with Crippen molar-refractivity contribution in [1.82, 2.24) is 4.98 Å². The lowest BCUT2D eigenvalue weighted by Crippen LogP contribution is -2.09. The fraction of sp³-hybridized carbons (Fsp3) is 0.444. The van der Waals surface area contributed by atoms with Crippen LogP contribution in [0.15, 0.2) is 18.5 Å². The first-order chi connectivity index (χ1) is 6.55. The molecule has 0 radical (unpaired) electrons. The standard InChI is InChI=1S/C9H9BrF3N/c10-4-1-2-7-3-5-14-6-8(7)9(11,12)13/h3,5-6H,1-2,4H2. The normalized spacial score (nSPS) is 11.7. The molecule has 0 fully saturated rings. The molecule has 5 heteroatoms. The smallest absolute Gasteiger partial charge is 0.264 e. The zero-order valence-corrected chi connectivity index (χ0v) is 8.90. The van der Waals surface area contributed by atoms with E-state index < -0.39 is 11.7 Å². The van der Waals surface area contributed by atoms with Crippen LogP contribution in [0.3, 0.4) is 0 Å². The minimum Gasteiger partial charge on any atom is -0.264 e. The van der Waals surface area contributed by atoms with Gasteiger partial charge in [-0.15, -0.1) is 0 Å². The summed E-state index contributed by atoms with van der Waals surface area (Å²) < 4.78 is 37.3. The van der Waals surface area contributed by atoms with Crippen molar-refractivity contribution in [1.29, 1.82) is 0 Å². The molecule has 1 aromatic heterocycles. The van der Waals surface area contributed by atoms with E-state index in [-0.39, 0.29) is 0 Å². The lowest BCUT2D eigenvalue weighted by Gasteiger charge is -2.10. The Morgan fingerprint density at radius 2 is 2.07 bits per heavy atom. The maximum atomic E-state index is 12.4. The first-order valence-corrected chi connectivity index (χ1v) is 5.24. The second-order valence-corrected chi connectivity index (χ2v) is 3.62. The fourth-order valence-electron chi connectivity index (χ4n) is 1.15. The summed E-state index contributed by atoms with van der Waals surface area (Å²) in [5.41, 5.74) is -0.312. The largest absolute Gasteiger partial charge is 0.418 e. The highest BCUT2D eigenvalue weighted by atomic mass is 79.9. The summed E-state index contributed by atoms with van der Waals surface area (Å²) in [7, 11) is 0. The van der Waals surface area contributed by atoms with Gasteiger partial charge in [0.15, 0.2) is 0 Å². The van der Waals surface area contributed by atoms with Gasteiger partial charge in [-0.2, -0.15) is 13.2 Å². The van der Waals surface area contributed by atoms with Gasteiger partial charge in [0.25, 0.3) is 0 Å². The zero-order valence-electron chi connectivity index (χ0n) is 7.31. The monoisotopic (exact) mass is 267 g/mol. The molecule has 0 aliphatic heterocycles. The molecular formula is C9H9BrF3N. The van der Waals surface area contributed by atoms with Crippen LogP contribution in [-0.4, -0.2) is 10.3 Å². The molecule has 0 atom stereocenters. The van der Waals surface area contributed by atoms with Gasteiger partial charge in [-0.1, -0.05) is 15.9 Å². The minimum atomic E-state index is -4.30. The van der Waals surface area contributed by atoms with E-state index in [1.54, 1.807) is 0 Å². The third kappa shape index (κ3) is 2.97. The van der Waals surface area contributed by atoms with E-state index in [4.69, 9.17) is 0 Å². The minimum absolute atomic E-state index is 0.312. The first kappa shape index (κ1) is 11.5. The van der Waals surface area contributed by atoms with Gasteiger partial charge in [0.2, 0.25) is 0 Å². The molecule has 0 saturated carbocycles. The number of hydrogen-bond donors (Lipinski definition) is 0. The van der Waals surface area contributed by atoms with Crippen LogP contribution in [0.5, 0.6) is 0 Å². The van der Waals surface area contributed by atoms with Crippen LogP contribution < -0.4 is 0 Å². The van der Waals surface area contributed by atoms with E-state index in [2.05, 4.69) is 20.9 Å². The second kappa shape index (κ2) is 4.77. The summed E-state index contributed by atoms with van der Waals surface area (Å²) in [6.07, 6.45) is -0.923. The topological polar surface area (TPSA) is 12.9 Å². The van der Waals surface area contributed by atoms with Crippen LogP contribution in [0.2, 0.25) is 0 Å². The Morgan fingerprint density at radius 1 is 1.36 bits per heavy atom. The van der Waals surface area contributed by atoms with E-state index in [1.165, 1.54) is 12.3 Å². The highest BCUT2D eigenvalue weighted by Crippen LogP contribution is 2.31. The van der Waals surface area contributed by atoms with E-state index >= 15 is 0 Å². The second-order valence-electron chi connectivity index (χ2n) is 2.82. The van der Waals surface area contributed by atoms with Crippen LogP contribution in [-0.2, 0) is 12.6 Å². The van der Waals surface area contributed by atoms with E-state index in [9.17, 15) is 13.2 Å². The lowest BCUT2D eigenvalue weighted by atomic mass is 10.1. The Labute approximate surface area is 88.5 Å². The molecule has 1 aromatic rings. The average molecular weight is 268 g/mol. The summed E-state index contributed by atoms with van der Waals surface area (Å²) >= 11 is 3.18. The molecule has 0 saturated heterocycles. The molecule has 0 spiro atoms. The molecule has 14 heavy (non-hydrogen) atoms. The average Bonchev–Trinajstić information content (AvgIpc) is 2.14. The molecule has 1 heterocycles. The predicted molar refractivity (Wildman–Crippen MR) is 51.4 cm³/mol. The van der Waals surface area contributed by atoms with Crippen LogP contribution in [0.25, 0.3) is 0 Å². The number of alkyl halides is 4. The molecule has 0 aliphatic carbocycles. The Morgan fingerprint density at radius 3 is 2.64 bits per heavy atom. The van der Waals surface area contributed by atoms with Crippen molar-refractivity contribution >= 4 is 15.9 Å². The van der Waals surface area contributed by atoms with Crippen LogP contribution in [0.4, 0.5) is 13.2 Å². The number of aryl methyl sites for hydroxylation is 1. The molecule has 0 amide bonds. The van der Waals surface area contributed by atoms with Gasteiger partial charge >= 0.3 is 6.18 Å². The molecule has 0 bridgehead atoms. The molecule has 1 nitrogen and oxygen atoms in total. The van der Waals surface area contributed by atoms with Crippen molar-refractivity contribution in [2.45, 2.75) is 19.0 Å². The van der Waals surface area contributed by atoms with Gasteiger partial charge in [-0.05, 0) is 24.5 Å². The van der Waals surface area contributed by atoms with Gasteiger partial charge in [0.1, 0.15) is 0 Å². The Balaban J connectivity index is 2.92. The van der Waals surface area contributed by atoms with Crippen molar-refractivity contribution in [2.75, 3.05) is 5.33 Å². The third-order valence-corrected chi connectivity index (χ3v) is 2.36. The Hall–Kier alpha value is -0.580. The van der Waals surface area contributed by atoms with Crippen molar-refractivity contribution < 1.29 is 13.2 Å². The van der Waals surface area contributed by atoms with E-state index in [1.807, 2.05) is 0 Å². The van der Waals surface area contributed by atoms with E-state index in [0.29, 0.717) is 23.7 Å². The maximum Gasteiger partial charge on any atom is 0.418 e. The zero-order chi connectivity index (χ0) is 10.6. The van der Waals surface area contributed by atoms with Gasteiger partial charge < -0.3 is 0 Å². The third-order valence-electron chi connectivity index (χ3n) is 1.80. The van der Waals surface area contributed by atoms with Crippen molar-refractivity contribution in [3.05, 3.63) is 29.6 Å². The molecule has 0 aliphatic rings. The Kier molecular flexibility index (Phi) is 3.92. The SMILES string of the molecule is FC(F)(F)c1cnccc1CCCBr. The number of halogens is 4. The summed E-state index contributed by atoms with van der Waals surface area (Å²) in [6.45, 7) is 0. The summed E-state index contributed by atoms with van der Waals surface area (Å²) in [5.74, 6) is 0. The van der Waals surface area contributed by atoms with Crippen molar-refractivity contribution in [3.8, 4) is 0 Å². The van der Waals surface area contributed by atoms with Crippen molar-refractivity contribution in [2.24, 2.45) is 0 Å². The van der Waals surface area contributed by atoms with Crippen LogP contribution in [0.1, 0.15) is 17.5 Å². The maximum absolute atomic E-state index is 12.4. The quantitative estimate of drug-likeness (QED) is 0.765. The Bertz CT molecular complexity index is 298. The predicted octanol–water partition coefficient (Wildman–Crippen LogP) is 3.43. The molecule has 0 aromatic carbocycles. The van der Waals surface area contributed by atoms with Gasteiger partial charge in [0.05, 0.1) is 5.56 Å². The van der Waals surface area contributed by atoms with Gasteiger partial charge in [0, 0.05) is 17.7 Å². The summed E-state index contributed by atoms with van der Waals surface area (Å²) in [4.78, 5) is 3.49.